The molecule has 1 aliphatic rings. The van der Waals surface area contributed by atoms with E-state index < -0.39 is 0 Å². The largest absolute Gasteiger partial charge is 0.294 e. The van der Waals surface area contributed by atoms with Gasteiger partial charge >= 0.3 is 0 Å². The minimum atomic E-state index is -0.128. The van der Waals surface area contributed by atoms with Crippen LogP contribution in [0.5, 0.6) is 0 Å². The minimum Gasteiger partial charge on any atom is -0.294 e. The van der Waals surface area contributed by atoms with E-state index in [1.54, 1.807) is 13.0 Å². The predicted octanol–water partition coefficient (Wildman–Crippen LogP) is 2.48. The fraction of sp³-hybridized carbons (Fsp3) is 0.417. The van der Waals surface area contributed by atoms with E-state index in [2.05, 4.69) is 4.85 Å². The van der Waals surface area contributed by atoms with Crippen LogP contribution in [0.25, 0.3) is 4.85 Å². The lowest BCUT2D eigenvalue weighted by atomic mass is 9.95. The first-order chi connectivity index (χ1) is 7.08. The third kappa shape index (κ3) is 1.57. The minimum absolute atomic E-state index is 0.0348. The zero-order chi connectivity index (χ0) is 11.6. The van der Waals surface area contributed by atoms with Crippen LogP contribution in [0.15, 0.2) is 22.9 Å². The highest BCUT2D eigenvalue weighted by Gasteiger charge is 2.37. The van der Waals surface area contributed by atoms with Gasteiger partial charge in [0.15, 0.2) is 5.78 Å². The summed E-state index contributed by atoms with van der Waals surface area (Å²) >= 11 is 0. The van der Waals surface area contributed by atoms with Gasteiger partial charge in [-0.1, -0.05) is 19.9 Å². The van der Waals surface area contributed by atoms with Gasteiger partial charge in [-0.25, -0.2) is 10.1 Å². The molecule has 0 heterocycles. The fourth-order valence-corrected chi connectivity index (χ4v) is 1.89. The topological polar surface area (TPSA) is 45.2 Å². The van der Waals surface area contributed by atoms with Crippen LogP contribution in [0.3, 0.4) is 0 Å². The third-order valence-electron chi connectivity index (χ3n) is 2.94. The molecule has 0 aromatic carbocycles. The van der Waals surface area contributed by atoms with Crippen LogP contribution in [0.2, 0.25) is 0 Å². The lowest BCUT2D eigenvalue weighted by molar-refractivity contribution is -0.117. The van der Waals surface area contributed by atoms with Crippen LogP contribution in [0, 0.1) is 29.7 Å². The van der Waals surface area contributed by atoms with Gasteiger partial charge in [-0.15, -0.1) is 0 Å². The average Bonchev–Trinajstić information content (AvgIpc) is 2.46. The molecule has 1 fully saturated rings. The van der Waals surface area contributed by atoms with Crippen LogP contribution in [-0.4, -0.2) is 5.78 Å². The maximum absolute atomic E-state index is 11.8. The number of nitrogens with zero attached hydrogens (tertiary/aromatic N) is 2. The number of allylic oxidation sites excluding steroid dienone is 4. The van der Waals surface area contributed by atoms with E-state index in [9.17, 15) is 4.79 Å². The first-order valence-electron chi connectivity index (χ1n) is 4.81. The van der Waals surface area contributed by atoms with Crippen molar-refractivity contribution in [2.75, 3.05) is 0 Å². The Hall–Kier alpha value is -1.87. The summed E-state index contributed by atoms with van der Waals surface area (Å²) in [7, 11) is 0. The summed E-state index contributed by atoms with van der Waals surface area (Å²) in [5, 5.41) is 8.83. The Balaban J connectivity index is 3.45. The smallest absolute Gasteiger partial charge is 0.266 e. The predicted molar refractivity (Wildman–Crippen MR) is 56.3 cm³/mol. The van der Waals surface area contributed by atoms with Crippen LogP contribution in [-0.2, 0) is 4.79 Å². The van der Waals surface area contributed by atoms with Crippen LogP contribution in [0.1, 0.15) is 20.8 Å². The Bertz CT molecular complexity index is 427. The van der Waals surface area contributed by atoms with E-state index >= 15 is 0 Å². The monoisotopic (exact) mass is 200 g/mol. The highest BCUT2D eigenvalue weighted by molar-refractivity contribution is 6.05. The van der Waals surface area contributed by atoms with E-state index in [-0.39, 0.29) is 23.3 Å². The maximum atomic E-state index is 11.8. The summed E-state index contributed by atoms with van der Waals surface area (Å²) in [6, 6.07) is 1.86. The van der Waals surface area contributed by atoms with E-state index in [0.717, 1.165) is 0 Å². The van der Waals surface area contributed by atoms with E-state index in [0.29, 0.717) is 11.1 Å². The van der Waals surface area contributed by atoms with Crippen molar-refractivity contribution in [3.63, 3.8) is 0 Å². The molecule has 1 aliphatic carbocycles. The van der Waals surface area contributed by atoms with Crippen molar-refractivity contribution >= 4 is 5.78 Å². The lowest BCUT2D eigenvalue weighted by Crippen LogP contribution is -2.07. The molecule has 3 heteroatoms. The summed E-state index contributed by atoms with van der Waals surface area (Å²) in [5.74, 6) is -0.125. The Labute approximate surface area is 89.5 Å². The molecule has 0 aliphatic heterocycles. The van der Waals surface area contributed by atoms with Gasteiger partial charge in [0.1, 0.15) is 0 Å². The van der Waals surface area contributed by atoms with Gasteiger partial charge in [-0.3, -0.25) is 4.79 Å². The van der Waals surface area contributed by atoms with Crippen molar-refractivity contribution in [2.24, 2.45) is 11.8 Å². The van der Waals surface area contributed by atoms with Crippen LogP contribution in [0.4, 0.5) is 0 Å². The number of nitriles is 1. The number of Topliss-reactive ketones (excluding diaryl/α,β-unsaturated/α-hetero) is 1. The number of rotatable bonds is 0. The Kier molecular flexibility index (Phi) is 3.07. The van der Waals surface area contributed by atoms with Crippen molar-refractivity contribution in [2.45, 2.75) is 20.8 Å². The van der Waals surface area contributed by atoms with E-state index in [4.69, 9.17) is 11.8 Å². The van der Waals surface area contributed by atoms with Crippen molar-refractivity contribution in [3.05, 3.63) is 34.3 Å². The highest BCUT2D eigenvalue weighted by Crippen LogP contribution is 2.39. The Morgan fingerprint density at radius 2 is 2.13 bits per heavy atom. The zero-order valence-electron chi connectivity index (χ0n) is 9.03. The molecule has 15 heavy (non-hydrogen) atoms. The van der Waals surface area contributed by atoms with Gasteiger partial charge < -0.3 is 0 Å². The molecule has 1 saturated carbocycles. The molecule has 0 amide bonds. The van der Waals surface area contributed by atoms with Crippen molar-refractivity contribution in [1.29, 1.82) is 5.26 Å². The van der Waals surface area contributed by atoms with E-state index in [1.165, 1.54) is 0 Å². The number of hydrogen-bond donors (Lipinski definition) is 0. The van der Waals surface area contributed by atoms with Gasteiger partial charge in [0.25, 0.3) is 5.70 Å². The molecule has 0 spiro atoms. The molecule has 1 rings (SSSR count). The molecule has 0 radical (unpaired) electrons. The first-order valence-corrected chi connectivity index (χ1v) is 4.81. The molecule has 2 atom stereocenters. The summed E-state index contributed by atoms with van der Waals surface area (Å²) < 4.78 is 0. The zero-order valence-corrected chi connectivity index (χ0v) is 9.03. The molecule has 0 aromatic rings. The number of hydrogen-bond acceptors (Lipinski definition) is 2. The van der Waals surface area contributed by atoms with Crippen LogP contribution < -0.4 is 0 Å². The molecular formula is C12H12N2O. The van der Waals surface area contributed by atoms with Gasteiger partial charge in [-0.05, 0) is 18.4 Å². The summed E-state index contributed by atoms with van der Waals surface area (Å²) in [4.78, 5) is 15.0. The van der Waals surface area contributed by atoms with Crippen LogP contribution >= 0.6 is 0 Å². The van der Waals surface area contributed by atoms with Gasteiger partial charge in [-0.2, -0.15) is 0 Å². The Morgan fingerprint density at radius 3 is 2.53 bits per heavy atom. The summed E-state index contributed by atoms with van der Waals surface area (Å²) in [5.41, 5.74) is 1.21. The van der Waals surface area contributed by atoms with Crippen molar-refractivity contribution < 1.29 is 4.79 Å². The summed E-state index contributed by atoms with van der Waals surface area (Å²) in [6.45, 7) is 12.4. The molecular weight excluding hydrogens is 188 g/mol. The molecule has 0 aromatic heterocycles. The van der Waals surface area contributed by atoms with Gasteiger partial charge in [0, 0.05) is 11.5 Å². The van der Waals surface area contributed by atoms with Gasteiger partial charge in [0.2, 0.25) is 0 Å². The molecule has 3 nitrogen and oxygen atoms in total. The molecule has 0 bridgehead atoms. The van der Waals surface area contributed by atoms with Gasteiger partial charge in [0.05, 0.1) is 12.6 Å². The SMILES string of the molecule is [C-]#[N+]/C(C#N)=C1/C(=C/C)C(=O)C(C)C1C. The quantitative estimate of drug-likeness (QED) is 0.342. The number of ketones is 1. The standard InChI is InChI=1S/C12H12N2O/c1-5-9-11(10(6-13)14-4)7(2)8(3)12(9)15/h5,7-8H,1-3H3/b9-5-,11-10+. The lowest BCUT2D eigenvalue weighted by Gasteiger charge is -2.07. The summed E-state index contributed by atoms with van der Waals surface area (Å²) in [6.07, 6.45) is 1.69. The van der Waals surface area contributed by atoms with Crippen molar-refractivity contribution in [1.82, 2.24) is 0 Å². The van der Waals surface area contributed by atoms with E-state index in [1.807, 2.05) is 19.9 Å². The number of carbonyl (C=O) groups is 1. The maximum Gasteiger partial charge on any atom is 0.266 e. The second-order valence-electron chi connectivity index (χ2n) is 3.63. The normalized spacial score (nSPS) is 31.3. The Morgan fingerprint density at radius 1 is 1.53 bits per heavy atom. The molecule has 2 unspecified atom stereocenters. The fourth-order valence-electron chi connectivity index (χ4n) is 1.89. The van der Waals surface area contributed by atoms with Crippen molar-refractivity contribution in [3.8, 4) is 6.07 Å². The average molecular weight is 200 g/mol. The second kappa shape index (κ2) is 4.11. The number of carbonyl (C=O) groups excluding carboxylic acids is 1. The first kappa shape index (κ1) is 11.2. The molecule has 0 N–H and O–H groups in total. The molecule has 0 saturated heterocycles. The second-order valence-corrected chi connectivity index (χ2v) is 3.63. The molecule has 76 valence electrons. The third-order valence-corrected chi connectivity index (χ3v) is 2.94. The highest BCUT2D eigenvalue weighted by atomic mass is 16.1.